The number of carbonyl (C=O) groups is 3. The van der Waals surface area contributed by atoms with E-state index < -0.39 is 36.2 Å². The van der Waals surface area contributed by atoms with Crippen molar-refractivity contribution in [1.82, 2.24) is 4.73 Å². The van der Waals surface area contributed by atoms with Crippen LogP contribution < -0.4 is 4.84 Å². The van der Waals surface area contributed by atoms with Gasteiger partial charge in [0.2, 0.25) is 0 Å². The standard InChI is InChI=1S/C25H21NO7S/c27-23(17-9-3-1-4-10-17)31-19-15-20(25(29)33-26-14-8-7-13-22(26)34)30-16-21(19)32-24(28)18-11-5-2-6-12-18/h1-14,19-21H,15-16H2/t19-,20?,21+/m0/s1. The predicted octanol–water partition coefficient (Wildman–Crippen LogP) is 3.41. The highest BCUT2D eigenvalue weighted by Crippen LogP contribution is 2.23. The van der Waals surface area contributed by atoms with E-state index in [9.17, 15) is 14.4 Å². The molecule has 8 nitrogen and oxygen atoms in total. The molecule has 0 amide bonds. The number of esters is 2. The highest BCUT2D eigenvalue weighted by atomic mass is 32.1. The van der Waals surface area contributed by atoms with Crippen molar-refractivity contribution in [2.24, 2.45) is 0 Å². The maximum absolute atomic E-state index is 12.7. The van der Waals surface area contributed by atoms with Crippen LogP contribution in [0.25, 0.3) is 0 Å². The Labute approximate surface area is 200 Å². The quantitative estimate of drug-likeness (QED) is 0.392. The molecular weight excluding hydrogens is 458 g/mol. The lowest BCUT2D eigenvalue weighted by Gasteiger charge is -2.34. The fourth-order valence-corrected chi connectivity index (χ4v) is 3.53. The average molecular weight is 480 g/mol. The van der Waals surface area contributed by atoms with Crippen molar-refractivity contribution in [3.63, 3.8) is 0 Å². The molecule has 1 fully saturated rings. The summed E-state index contributed by atoms with van der Waals surface area (Å²) in [6, 6.07) is 21.8. The zero-order chi connectivity index (χ0) is 23.9. The van der Waals surface area contributed by atoms with Gasteiger partial charge < -0.3 is 19.0 Å². The Hall–Kier alpha value is -3.82. The maximum atomic E-state index is 12.7. The van der Waals surface area contributed by atoms with Crippen LogP contribution in [-0.4, -0.2) is 47.6 Å². The molecule has 0 bridgehead atoms. The van der Waals surface area contributed by atoms with Gasteiger partial charge in [-0.1, -0.05) is 54.7 Å². The molecule has 34 heavy (non-hydrogen) atoms. The number of pyridine rings is 1. The molecule has 0 N–H and O–H groups in total. The van der Waals surface area contributed by atoms with Crippen LogP contribution in [0.5, 0.6) is 0 Å². The van der Waals surface area contributed by atoms with E-state index in [1.807, 2.05) is 0 Å². The summed E-state index contributed by atoms with van der Waals surface area (Å²) in [5, 5.41) is 0. The van der Waals surface area contributed by atoms with E-state index in [-0.39, 0.29) is 13.0 Å². The van der Waals surface area contributed by atoms with Crippen molar-refractivity contribution >= 4 is 30.1 Å². The second kappa shape index (κ2) is 10.9. The van der Waals surface area contributed by atoms with Crippen LogP contribution >= 0.6 is 12.2 Å². The minimum Gasteiger partial charge on any atom is -0.455 e. The van der Waals surface area contributed by atoms with Crippen LogP contribution in [0.4, 0.5) is 0 Å². The summed E-state index contributed by atoms with van der Waals surface area (Å²) in [4.78, 5) is 43.3. The molecular formula is C25H21NO7S. The third kappa shape index (κ3) is 5.75. The third-order valence-electron chi connectivity index (χ3n) is 5.10. The fourth-order valence-electron chi connectivity index (χ4n) is 3.35. The first-order valence-corrected chi connectivity index (χ1v) is 11.0. The molecule has 1 unspecified atom stereocenters. The molecule has 3 atom stereocenters. The van der Waals surface area contributed by atoms with E-state index >= 15 is 0 Å². The summed E-state index contributed by atoms with van der Waals surface area (Å²) in [6.45, 7) is -0.161. The maximum Gasteiger partial charge on any atom is 0.361 e. The monoisotopic (exact) mass is 479 g/mol. The lowest BCUT2D eigenvalue weighted by molar-refractivity contribution is -0.176. The van der Waals surface area contributed by atoms with Gasteiger partial charge in [0.05, 0.1) is 17.7 Å². The van der Waals surface area contributed by atoms with E-state index in [0.717, 1.165) is 4.73 Å². The number of hydrogen-bond acceptors (Lipinski definition) is 8. The molecule has 1 aliphatic heterocycles. The molecule has 0 spiro atoms. The second-order valence-corrected chi connectivity index (χ2v) is 7.87. The van der Waals surface area contributed by atoms with Gasteiger partial charge in [0.25, 0.3) is 0 Å². The molecule has 1 aromatic heterocycles. The van der Waals surface area contributed by atoms with E-state index in [1.165, 1.54) is 6.20 Å². The third-order valence-corrected chi connectivity index (χ3v) is 5.41. The molecule has 2 aromatic carbocycles. The molecule has 0 saturated carbocycles. The number of hydrogen-bond donors (Lipinski definition) is 0. The Kier molecular flexibility index (Phi) is 7.46. The van der Waals surface area contributed by atoms with Crippen LogP contribution in [0.15, 0.2) is 85.1 Å². The van der Waals surface area contributed by atoms with E-state index in [1.54, 1.807) is 78.9 Å². The van der Waals surface area contributed by atoms with Crippen molar-refractivity contribution in [3.05, 3.63) is 101 Å². The summed E-state index contributed by atoms with van der Waals surface area (Å²) in [7, 11) is 0. The highest BCUT2D eigenvalue weighted by molar-refractivity contribution is 7.71. The fraction of sp³-hybridized carbons (Fsp3) is 0.200. The Morgan fingerprint density at radius 3 is 1.94 bits per heavy atom. The number of carbonyl (C=O) groups excluding carboxylic acids is 3. The molecule has 1 aliphatic rings. The van der Waals surface area contributed by atoms with Gasteiger partial charge in [-0.3, -0.25) is 0 Å². The van der Waals surface area contributed by atoms with Gasteiger partial charge in [0.1, 0.15) is 10.7 Å². The Balaban J connectivity index is 1.49. The van der Waals surface area contributed by atoms with Crippen LogP contribution in [0.1, 0.15) is 27.1 Å². The van der Waals surface area contributed by atoms with Crippen molar-refractivity contribution in [2.45, 2.75) is 24.7 Å². The van der Waals surface area contributed by atoms with Crippen LogP contribution in [0.2, 0.25) is 0 Å². The Morgan fingerprint density at radius 2 is 1.35 bits per heavy atom. The van der Waals surface area contributed by atoms with E-state index in [4.69, 9.17) is 31.3 Å². The summed E-state index contributed by atoms with van der Waals surface area (Å²) in [5.74, 6) is -1.91. The van der Waals surface area contributed by atoms with E-state index in [0.29, 0.717) is 15.8 Å². The first kappa shape index (κ1) is 23.3. The second-order valence-electron chi connectivity index (χ2n) is 7.45. The van der Waals surface area contributed by atoms with Gasteiger partial charge in [-0.2, -0.15) is 4.73 Å². The number of nitrogens with zero attached hydrogens (tertiary/aromatic N) is 1. The Morgan fingerprint density at radius 1 is 0.794 bits per heavy atom. The summed E-state index contributed by atoms with van der Waals surface area (Å²) in [5.41, 5.74) is 0.674. The van der Waals surface area contributed by atoms with Crippen molar-refractivity contribution in [1.29, 1.82) is 0 Å². The average Bonchev–Trinajstić information content (AvgIpc) is 2.87. The van der Waals surface area contributed by atoms with Gasteiger partial charge >= 0.3 is 17.9 Å². The van der Waals surface area contributed by atoms with Crippen LogP contribution in [0.3, 0.4) is 0 Å². The molecule has 9 heteroatoms. The number of ether oxygens (including phenoxy) is 3. The molecule has 1 saturated heterocycles. The van der Waals surface area contributed by atoms with Crippen molar-refractivity contribution < 1.29 is 33.4 Å². The first-order valence-electron chi connectivity index (χ1n) is 10.5. The van der Waals surface area contributed by atoms with Gasteiger partial charge in [-0.25, -0.2) is 14.4 Å². The van der Waals surface area contributed by atoms with Gasteiger partial charge in [-0.05, 0) is 36.4 Å². The lowest BCUT2D eigenvalue weighted by Crippen LogP contribution is -2.50. The molecule has 174 valence electrons. The molecule has 0 aliphatic carbocycles. The van der Waals surface area contributed by atoms with Gasteiger partial charge in [0.15, 0.2) is 12.2 Å². The number of rotatable bonds is 6. The first-order chi connectivity index (χ1) is 16.5. The minimum atomic E-state index is -1.05. The smallest absolute Gasteiger partial charge is 0.361 e. The minimum absolute atomic E-state index is 0.0652. The van der Waals surface area contributed by atoms with Gasteiger partial charge in [-0.15, -0.1) is 0 Å². The molecule has 4 rings (SSSR count). The molecule has 0 radical (unpaired) electrons. The zero-order valence-electron chi connectivity index (χ0n) is 17.9. The highest BCUT2D eigenvalue weighted by Gasteiger charge is 2.40. The van der Waals surface area contributed by atoms with Crippen molar-refractivity contribution in [3.8, 4) is 0 Å². The number of aromatic nitrogens is 1. The van der Waals surface area contributed by atoms with Crippen LogP contribution in [-0.2, 0) is 19.0 Å². The summed E-state index contributed by atoms with van der Waals surface area (Å²) in [6.07, 6.45) is -1.47. The SMILES string of the molecule is O=C(O[C@H]1CC(C(=O)On2ccccc2=S)OC[C@H]1OC(=O)c1ccccc1)c1ccccc1. The number of benzene rings is 2. The van der Waals surface area contributed by atoms with E-state index in [2.05, 4.69) is 0 Å². The van der Waals surface area contributed by atoms with Crippen LogP contribution in [0, 0.1) is 4.64 Å². The lowest BCUT2D eigenvalue weighted by atomic mass is 10.0. The van der Waals surface area contributed by atoms with Crippen molar-refractivity contribution in [2.75, 3.05) is 6.61 Å². The Bertz CT molecular complexity index is 1210. The molecule has 3 aromatic rings. The molecule has 2 heterocycles. The predicted molar refractivity (Wildman–Crippen MR) is 123 cm³/mol. The topological polar surface area (TPSA) is 93.1 Å². The largest absolute Gasteiger partial charge is 0.455 e. The summed E-state index contributed by atoms with van der Waals surface area (Å²) < 4.78 is 18.3. The summed E-state index contributed by atoms with van der Waals surface area (Å²) >= 11 is 5.14. The normalized spacial score (nSPS) is 19.6. The van der Waals surface area contributed by atoms with Gasteiger partial charge in [0, 0.05) is 12.6 Å². The zero-order valence-corrected chi connectivity index (χ0v) is 18.8.